The van der Waals surface area contributed by atoms with Gasteiger partial charge in [-0.3, -0.25) is 9.97 Å². The summed E-state index contributed by atoms with van der Waals surface area (Å²) in [5.41, 5.74) is 4.12. The van der Waals surface area contributed by atoms with Gasteiger partial charge in [0.15, 0.2) is 0 Å². The molecule has 1 atom stereocenters. The summed E-state index contributed by atoms with van der Waals surface area (Å²) in [6.07, 6.45) is 6.97. The van der Waals surface area contributed by atoms with E-state index in [1.54, 1.807) is 24.2 Å². The quantitative estimate of drug-likeness (QED) is 0.629. The Hall–Kier alpha value is -2.45. The van der Waals surface area contributed by atoms with Gasteiger partial charge in [-0.2, -0.15) is 9.52 Å². The van der Waals surface area contributed by atoms with Crippen LogP contribution in [0.25, 0.3) is 11.0 Å². The van der Waals surface area contributed by atoms with Gasteiger partial charge in [0, 0.05) is 29.3 Å². The number of hydrogen-bond acceptors (Lipinski definition) is 6. The van der Waals surface area contributed by atoms with Crippen molar-refractivity contribution in [3.05, 3.63) is 66.0 Å². The number of hydrazone groups is 1. The second-order valence-corrected chi connectivity index (χ2v) is 9.00. The summed E-state index contributed by atoms with van der Waals surface area (Å²) < 4.78 is 26.0. The smallest absolute Gasteiger partial charge is 0.247 e. The molecule has 2 aromatic carbocycles. The van der Waals surface area contributed by atoms with Crippen LogP contribution in [-0.2, 0) is 10.0 Å². The first kappa shape index (κ1) is 17.9. The average Bonchev–Trinajstić information content (AvgIpc) is 3.13. The van der Waals surface area contributed by atoms with E-state index in [0.29, 0.717) is 6.42 Å². The topological polar surface area (TPSA) is 75.5 Å². The van der Waals surface area contributed by atoms with Crippen LogP contribution in [0.3, 0.4) is 0 Å². The molecular formula is C19H18N4O2S2. The Bertz CT molecular complexity index is 1150. The number of rotatable bonds is 4. The number of aromatic nitrogens is 2. The maximum Gasteiger partial charge on any atom is 0.247 e. The number of hydrogen-bond donors (Lipinski definition) is 0. The van der Waals surface area contributed by atoms with Crippen molar-refractivity contribution >= 4 is 38.5 Å². The van der Waals surface area contributed by atoms with Crippen molar-refractivity contribution in [1.29, 1.82) is 0 Å². The standard InChI is InChI=1S/C19H18N4O2S2/c1-26-19-6-4-3-5-14(19)16-12-18(23(22-16)27(2,24)25)13-7-8-15-17(11-13)21-10-9-20-15/h3-11,18H,12H2,1-2H3/t18-/m1/s1. The van der Waals surface area contributed by atoms with Crippen LogP contribution < -0.4 is 0 Å². The molecule has 0 saturated carbocycles. The van der Waals surface area contributed by atoms with E-state index in [1.165, 1.54) is 10.7 Å². The summed E-state index contributed by atoms with van der Waals surface area (Å²) >= 11 is 1.62. The number of fused-ring (bicyclic) bond motifs is 1. The summed E-state index contributed by atoms with van der Waals surface area (Å²) in [4.78, 5) is 9.69. The van der Waals surface area contributed by atoms with Crippen LogP contribution in [0.4, 0.5) is 0 Å². The van der Waals surface area contributed by atoms with Crippen molar-refractivity contribution in [2.24, 2.45) is 5.10 Å². The zero-order chi connectivity index (χ0) is 19.0. The monoisotopic (exact) mass is 398 g/mol. The molecular weight excluding hydrogens is 380 g/mol. The molecule has 8 heteroatoms. The van der Waals surface area contributed by atoms with Gasteiger partial charge in [-0.25, -0.2) is 8.42 Å². The summed E-state index contributed by atoms with van der Waals surface area (Å²) in [6, 6.07) is 13.2. The molecule has 0 N–H and O–H groups in total. The van der Waals surface area contributed by atoms with Crippen LogP contribution in [0.15, 0.2) is 64.9 Å². The first-order valence-electron chi connectivity index (χ1n) is 8.38. The molecule has 27 heavy (non-hydrogen) atoms. The first-order valence-corrected chi connectivity index (χ1v) is 11.5. The predicted octanol–water partition coefficient (Wildman–Crippen LogP) is 3.46. The molecule has 0 fully saturated rings. The molecule has 138 valence electrons. The third-order valence-corrected chi connectivity index (χ3v) is 6.32. The Labute approximate surface area is 162 Å². The highest BCUT2D eigenvalue weighted by Gasteiger charge is 2.35. The van der Waals surface area contributed by atoms with E-state index >= 15 is 0 Å². The van der Waals surface area contributed by atoms with Gasteiger partial charge in [-0.1, -0.05) is 24.3 Å². The Morgan fingerprint density at radius 3 is 2.56 bits per heavy atom. The molecule has 0 bridgehead atoms. The summed E-state index contributed by atoms with van der Waals surface area (Å²) in [5, 5.41) is 4.49. The molecule has 0 radical (unpaired) electrons. The Morgan fingerprint density at radius 2 is 1.81 bits per heavy atom. The van der Waals surface area contributed by atoms with E-state index in [-0.39, 0.29) is 0 Å². The molecule has 3 aromatic rings. The van der Waals surface area contributed by atoms with Crippen molar-refractivity contribution in [2.75, 3.05) is 12.5 Å². The van der Waals surface area contributed by atoms with Crippen molar-refractivity contribution in [3.8, 4) is 0 Å². The van der Waals surface area contributed by atoms with Gasteiger partial charge in [0.1, 0.15) is 0 Å². The SMILES string of the molecule is CSc1ccccc1C1=NN(S(C)(=O)=O)[C@@H](c2ccc3nccnc3c2)C1. The van der Waals surface area contributed by atoms with Crippen LogP contribution >= 0.6 is 11.8 Å². The van der Waals surface area contributed by atoms with Gasteiger partial charge in [0.25, 0.3) is 0 Å². The molecule has 0 amide bonds. The highest BCUT2D eigenvalue weighted by Crippen LogP contribution is 2.37. The van der Waals surface area contributed by atoms with Gasteiger partial charge in [0.05, 0.1) is 29.0 Å². The van der Waals surface area contributed by atoms with Crippen LogP contribution in [0.5, 0.6) is 0 Å². The lowest BCUT2D eigenvalue weighted by molar-refractivity contribution is 0.375. The van der Waals surface area contributed by atoms with Gasteiger partial charge in [0.2, 0.25) is 10.0 Å². The van der Waals surface area contributed by atoms with Gasteiger partial charge >= 0.3 is 0 Å². The number of benzene rings is 2. The van der Waals surface area contributed by atoms with Gasteiger partial charge < -0.3 is 0 Å². The van der Waals surface area contributed by atoms with Crippen molar-refractivity contribution in [2.45, 2.75) is 17.4 Å². The maximum absolute atomic E-state index is 12.4. The summed E-state index contributed by atoms with van der Waals surface area (Å²) in [6.45, 7) is 0. The highest BCUT2D eigenvalue weighted by molar-refractivity contribution is 7.98. The van der Waals surface area contributed by atoms with Crippen LogP contribution in [-0.4, -0.2) is 41.0 Å². The molecule has 2 heterocycles. The number of thioether (sulfide) groups is 1. The molecule has 0 aliphatic carbocycles. The minimum Gasteiger partial charge on any atom is -0.253 e. The van der Waals surface area contributed by atoms with E-state index in [2.05, 4.69) is 15.1 Å². The zero-order valence-corrected chi connectivity index (χ0v) is 16.5. The minimum absolute atomic E-state index is 0.392. The van der Waals surface area contributed by atoms with E-state index in [0.717, 1.165) is 32.8 Å². The maximum atomic E-state index is 12.4. The van der Waals surface area contributed by atoms with Crippen LogP contribution in [0.1, 0.15) is 23.6 Å². The lowest BCUT2D eigenvalue weighted by Gasteiger charge is -2.21. The molecule has 1 aliphatic rings. The second-order valence-electron chi connectivity index (χ2n) is 6.31. The Morgan fingerprint density at radius 1 is 1.07 bits per heavy atom. The minimum atomic E-state index is -3.51. The highest BCUT2D eigenvalue weighted by atomic mass is 32.2. The molecule has 0 unspecified atom stereocenters. The Kier molecular flexibility index (Phi) is 4.61. The lowest BCUT2D eigenvalue weighted by Crippen LogP contribution is -2.25. The van der Waals surface area contributed by atoms with Crippen molar-refractivity contribution in [3.63, 3.8) is 0 Å². The fourth-order valence-corrected chi connectivity index (χ4v) is 4.80. The molecule has 1 aliphatic heterocycles. The van der Waals surface area contributed by atoms with E-state index in [9.17, 15) is 8.42 Å². The van der Waals surface area contributed by atoms with Gasteiger partial charge in [-0.05, 0) is 30.0 Å². The van der Waals surface area contributed by atoms with Gasteiger partial charge in [-0.15, -0.1) is 11.8 Å². The van der Waals surface area contributed by atoms with E-state index in [1.807, 2.05) is 48.7 Å². The Balaban J connectivity index is 1.79. The van der Waals surface area contributed by atoms with E-state index < -0.39 is 16.1 Å². The molecule has 0 saturated heterocycles. The first-order chi connectivity index (χ1) is 13.0. The third-order valence-electron chi connectivity index (χ3n) is 4.51. The van der Waals surface area contributed by atoms with Crippen molar-refractivity contribution < 1.29 is 8.42 Å². The third kappa shape index (κ3) is 3.42. The van der Waals surface area contributed by atoms with E-state index in [4.69, 9.17) is 0 Å². The lowest BCUT2D eigenvalue weighted by atomic mass is 9.98. The second kappa shape index (κ2) is 6.94. The number of sulfonamides is 1. The predicted molar refractivity (Wildman–Crippen MR) is 108 cm³/mol. The fourth-order valence-electron chi connectivity index (χ4n) is 3.28. The van der Waals surface area contributed by atoms with Crippen LogP contribution in [0, 0.1) is 0 Å². The fraction of sp³-hybridized carbons (Fsp3) is 0.211. The normalized spacial score (nSPS) is 17.3. The largest absolute Gasteiger partial charge is 0.253 e. The molecule has 0 spiro atoms. The van der Waals surface area contributed by atoms with Crippen molar-refractivity contribution in [1.82, 2.24) is 14.4 Å². The summed E-state index contributed by atoms with van der Waals surface area (Å²) in [7, 11) is -3.51. The molecule has 6 nitrogen and oxygen atoms in total. The number of nitrogens with zero attached hydrogens (tertiary/aromatic N) is 4. The van der Waals surface area contributed by atoms with Crippen LogP contribution in [0.2, 0.25) is 0 Å². The summed E-state index contributed by atoms with van der Waals surface area (Å²) in [5.74, 6) is 0. The zero-order valence-electron chi connectivity index (χ0n) is 14.9. The molecule has 4 rings (SSSR count). The molecule has 1 aromatic heterocycles. The average molecular weight is 399 g/mol.